The van der Waals surface area contributed by atoms with Crippen LogP contribution < -0.4 is 10.6 Å². The van der Waals surface area contributed by atoms with E-state index in [0.717, 1.165) is 69.2 Å². The van der Waals surface area contributed by atoms with Gasteiger partial charge in [-0.1, -0.05) is 0 Å². The first kappa shape index (κ1) is 17.7. The molecule has 2 N–H and O–H groups in total. The summed E-state index contributed by atoms with van der Waals surface area (Å²) in [6.07, 6.45) is 13.8. The maximum Gasteiger partial charge on any atom is 0.243 e. The molecule has 7 fully saturated rings. The second-order valence-electron chi connectivity index (χ2n) is 11.2. The van der Waals surface area contributed by atoms with E-state index in [-0.39, 0.29) is 17.4 Å². The second-order valence-corrected chi connectivity index (χ2v) is 11.2. The maximum absolute atomic E-state index is 13.8. The Morgan fingerprint density at radius 1 is 0.857 bits per heavy atom. The molecule has 4 saturated carbocycles. The van der Waals surface area contributed by atoms with E-state index < -0.39 is 0 Å². The van der Waals surface area contributed by atoms with Crippen LogP contribution in [-0.4, -0.2) is 47.4 Å². The van der Waals surface area contributed by atoms with Gasteiger partial charge in [0.05, 0.1) is 5.41 Å². The van der Waals surface area contributed by atoms with Gasteiger partial charge in [-0.15, -0.1) is 0 Å². The molecule has 6 bridgehead atoms. The Kier molecular flexibility index (Phi) is 4.08. The van der Waals surface area contributed by atoms with Gasteiger partial charge < -0.3 is 15.5 Å². The summed E-state index contributed by atoms with van der Waals surface area (Å²) >= 11 is 0. The van der Waals surface area contributed by atoms with Crippen LogP contribution in [0.4, 0.5) is 0 Å². The molecule has 0 aromatic heterocycles. The van der Waals surface area contributed by atoms with Crippen LogP contribution in [0.3, 0.4) is 0 Å². The molecule has 3 saturated heterocycles. The molecule has 0 aromatic carbocycles. The van der Waals surface area contributed by atoms with Crippen molar-refractivity contribution in [1.82, 2.24) is 15.5 Å². The number of likely N-dealkylation sites (tertiary alicyclic amines) is 1. The lowest BCUT2D eigenvalue weighted by atomic mass is 9.49. The Hall–Kier alpha value is -1.10. The topological polar surface area (TPSA) is 61.4 Å². The van der Waals surface area contributed by atoms with Gasteiger partial charge in [-0.25, -0.2) is 0 Å². The molecular weight excluding hydrogens is 350 g/mol. The average Bonchev–Trinajstić information content (AvgIpc) is 3.26. The van der Waals surface area contributed by atoms with Gasteiger partial charge in [0.15, 0.2) is 0 Å². The van der Waals surface area contributed by atoms with E-state index in [4.69, 9.17) is 0 Å². The number of rotatable bonds is 3. The Bertz CT molecular complexity index is 629. The second kappa shape index (κ2) is 6.45. The number of nitrogens with zero attached hydrogens (tertiary/aromatic N) is 1. The minimum Gasteiger partial charge on any atom is -0.351 e. The highest BCUT2D eigenvalue weighted by atomic mass is 16.2. The van der Waals surface area contributed by atoms with Gasteiger partial charge in [0.2, 0.25) is 11.8 Å². The lowest BCUT2D eigenvalue weighted by Gasteiger charge is -2.56. The molecular formula is C23H35N3O2. The largest absolute Gasteiger partial charge is 0.351 e. The number of amides is 2. The van der Waals surface area contributed by atoms with Crippen LogP contribution in [-0.2, 0) is 9.59 Å². The predicted octanol–water partition coefficient (Wildman–Crippen LogP) is 2.59. The molecule has 7 rings (SSSR count). The summed E-state index contributed by atoms with van der Waals surface area (Å²) in [5.74, 6) is 2.79. The summed E-state index contributed by atoms with van der Waals surface area (Å²) in [5.41, 5.74) is -0.120. The van der Waals surface area contributed by atoms with Crippen molar-refractivity contribution in [3.8, 4) is 0 Å². The molecule has 154 valence electrons. The average molecular weight is 386 g/mol. The third-order valence-corrected chi connectivity index (χ3v) is 9.13. The van der Waals surface area contributed by atoms with Gasteiger partial charge in [-0.2, -0.15) is 0 Å². The van der Waals surface area contributed by atoms with Gasteiger partial charge in [0.1, 0.15) is 6.04 Å². The van der Waals surface area contributed by atoms with Gasteiger partial charge >= 0.3 is 0 Å². The van der Waals surface area contributed by atoms with Crippen LogP contribution in [0.5, 0.6) is 0 Å². The van der Waals surface area contributed by atoms with Crippen molar-refractivity contribution in [2.24, 2.45) is 23.2 Å². The quantitative estimate of drug-likeness (QED) is 0.785. The Morgan fingerprint density at radius 2 is 1.46 bits per heavy atom. The number of hydrogen-bond donors (Lipinski definition) is 2. The van der Waals surface area contributed by atoms with Crippen molar-refractivity contribution in [2.45, 2.75) is 101 Å². The zero-order valence-corrected chi connectivity index (χ0v) is 17.0. The third-order valence-electron chi connectivity index (χ3n) is 9.13. The summed E-state index contributed by atoms with van der Waals surface area (Å²) in [7, 11) is 0. The van der Waals surface area contributed by atoms with Crippen molar-refractivity contribution in [3.05, 3.63) is 0 Å². The van der Waals surface area contributed by atoms with Crippen LogP contribution in [0.1, 0.15) is 77.0 Å². The molecule has 3 aliphatic heterocycles. The number of carbonyl (C=O) groups is 2. The van der Waals surface area contributed by atoms with Crippen LogP contribution >= 0.6 is 0 Å². The Balaban J connectivity index is 1.15. The number of hydrogen-bond acceptors (Lipinski definition) is 3. The minimum absolute atomic E-state index is 0.120. The number of fused-ring (bicyclic) bond motifs is 2. The number of carbonyl (C=O) groups excluding carboxylic acids is 2. The molecule has 5 heteroatoms. The first-order valence-corrected chi connectivity index (χ1v) is 12.0. The van der Waals surface area contributed by atoms with E-state index in [0.29, 0.717) is 24.0 Å². The summed E-state index contributed by atoms with van der Waals surface area (Å²) in [5, 5.41) is 7.00. The molecule has 7 aliphatic rings. The normalized spacial score (nSPS) is 48.9. The lowest BCUT2D eigenvalue weighted by molar-refractivity contribution is -0.160. The van der Waals surface area contributed by atoms with Crippen LogP contribution in [0.15, 0.2) is 0 Å². The Labute approximate surface area is 168 Å². The molecule has 0 spiro atoms. The summed E-state index contributed by atoms with van der Waals surface area (Å²) < 4.78 is 0. The van der Waals surface area contributed by atoms with Gasteiger partial charge in [0, 0.05) is 24.7 Å². The Morgan fingerprint density at radius 3 is 2.07 bits per heavy atom. The molecule has 3 heterocycles. The first-order chi connectivity index (χ1) is 13.6. The first-order valence-electron chi connectivity index (χ1n) is 12.0. The predicted molar refractivity (Wildman–Crippen MR) is 106 cm³/mol. The fourth-order valence-electron chi connectivity index (χ4n) is 8.43. The molecule has 3 atom stereocenters. The van der Waals surface area contributed by atoms with Crippen LogP contribution in [0.2, 0.25) is 0 Å². The third kappa shape index (κ3) is 2.83. The highest BCUT2D eigenvalue weighted by molar-refractivity contribution is 5.91. The summed E-state index contributed by atoms with van der Waals surface area (Å²) in [6.45, 7) is 0.788. The standard InChI is InChI=1S/C23H35N3O2/c27-21(25-19-9-17-3-4-18(10-19)24-17)20-2-1-5-26(20)22(28)23-11-14-6-15(12-23)8-16(7-14)13-23/h14-20,24H,1-13H2,(H,25,27). The molecule has 4 aliphatic carbocycles. The summed E-state index contributed by atoms with van der Waals surface area (Å²) in [4.78, 5) is 28.9. The van der Waals surface area contributed by atoms with E-state index in [9.17, 15) is 9.59 Å². The van der Waals surface area contributed by atoms with E-state index in [1.54, 1.807) is 0 Å². The minimum atomic E-state index is -0.215. The van der Waals surface area contributed by atoms with Crippen LogP contribution in [0, 0.1) is 23.2 Å². The number of nitrogens with one attached hydrogen (secondary N) is 2. The molecule has 2 amide bonds. The maximum atomic E-state index is 13.8. The van der Waals surface area contributed by atoms with Gasteiger partial charge in [-0.3, -0.25) is 9.59 Å². The zero-order valence-electron chi connectivity index (χ0n) is 17.0. The van der Waals surface area contributed by atoms with Gasteiger partial charge in [0.25, 0.3) is 0 Å². The molecule has 0 radical (unpaired) electrons. The van der Waals surface area contributed by atoms with Crippen molar-refractivity contribution >= 4 is 11.8 Å². The van der Waals surface area contributed by atoms with Crippen LogP contribution in [0.25, 0.3) is 0 Å². The fourth-order valence-corrected chi connectivity index (χ4v) is 8.43. The highest BCUT2D eigenvalue weighted by Crippen LogP contribution is 2.60. The van der Waals surface area contributed by atoms with Crippen molar-refractivity contribution in [2.75, 3.05) is 6.54 Å². The molecule has 3 unspecified atom stereocenters. The van der Waals surface area contributed by atoms with E-state index in [2.05, 4.69) is 10.6 Å². The summed E-state index contributed by atoms with van der Waals surface area (Å²) in [6, 6.07) is 1.24. The number of piperidine rings is 1. The van der Waals surface area contributed by atoms with E-state index in [1.165, 1.54) is 32.1 Å². The van der Waals surface area contributed by atoms with Crippen molar-refractivity contribution in [1.29, 1.82) is 0 Å². The van der Waals surface area contributed by atoms with Gasteiger partial charge in [-0.05, 0) is 94.8 Å². The highest BCUT2D eigenvalue weighted by Gasteiger charge is 2.56. The van der Waals surface area contributed by atoms with E-state index in [1.807, 2.05) is 4.90 Å². The van der Waals surface area contributed by atoms with Crippen molar-refractivity contribution < 1.29 is 9.59 Å². The lowest BCUT2D eigenvalue weighted by Crippen LogP contribution is -2.58. The molecule has 5 nitrogen and oxygen atoms in total. The zero-order chi connectivity index (χ0) is 18.9. The smallest absolute Gasteiger partial charge is 0.243 e. The van der Waals surface area contributed by atoms with Crippen molar-refractivity contribution in [3.63, 3.8) is 0 Å². The fraction of sp³-hybridized carbons (Fsp3) is 0.913. The SMILES string of the molecule is O=C(NC1CC2CCC(C1)N2)C1CCCN1C(=O)C12CC3CC(CC(C3)C1)C2. The van der Waals surface area contributed by atoms with E-state index >= 15 is 0 Å². The molecule has 28 heavy (non-hydrogen) atoms. The monoisotopic (exact) mass is 385 g/mol. The molecule has 0 aromatic rings.